The summed E-state index contributed by atoms with van der Waals surface area (Å²) in [4.78, 5) is 69.5. The summed E-state index contributed by atoms with van der Waals surface area (Å²) in [5.41, 5.74) is 2.71. The highest BCUT2D eigenvalue weighted by Gasteiger charge is 2.64. The summed E-state index contributed by atoms with van der Waals surface area (Å²) in [6.45, 7) is 11.5. The van der Waals surface area contributed by atoms with E-state index in [9.17, 15) is 29.2 Å². The fourth-order valence-electron chi connectivity index (χ4n) is 10.0. The van der Waals surface area contributed by atoms with E-state index < -0.39 is 46.3 Å². The number of ether oxygens (including phenoxy) is 1. The second kappa shape index (κ2) is 14.3. The molecule has 1 saturated carbocycles. The van der Waals surface area contributed by atoms with Crippen LogP contribution < -0.4 is 20.3 Å². The summed E-state index contributed by atoms with van der Waals surface area (Å²) in [7, 11) is 0. The van der Waals surface area contributed by atoms with E-state index in [-0.39, 0.29) is 36.5 Å². The lowest BCUT2D eigenvalue weighted by Crippen LogP contribution is -2.74. The molecule has 3 aromatic rings. The summed E-state index contributed by atoms with van der Waals surface area (Å²) in [6.07, 6.45) is 1.64. The number of nitriles is 1. The first-order valence-electron chi connectivity index (χ1n) is 19.4. The molecule has 5 amide bonds. The summed E-state index contributed by atoms with van der Waals surface area (Å²) in [5, 5.41) is 14.9. The Bertz CT molecular complexity index is 2220. The van der Waals surface area contributed by atoms with Crippen LogP contribution in [0.5, 0.6) is 5.75 Å². The summed E-state index contributed by atoms with van der Waals surface area (Å²) in [5.74, 6) is -1.93. The summed E-state index contributed by atoms with van der Waals surface area (Å²) < 4.78 is 22.0. The Hall–Kier alpha value is -5.32. The van der Waals surface area contributed by atoms with Crippen LogP contribution in [0.4, 0.5) is 10.1 Å². The van der Waals surface area contributed by atoms with Crippen molar-refractivity contribution in [2.75, 3.05) is 24.5 Å². The van der Waals surface area contributed by atoms with E-state index in [1.165, 1.54) is 6.07 Å². The lowest BCUT2D eigenvalue weighted by molar-refractivity contribution is -0.164. The van der Waals surface area contributed by atoms with Crippen LogP contribution in [0.15, 0.2) is 48.5 Å². The molecule has 57 heavy (non-hydrogen) atoms. The Morgan fingerprint density at radius 1 is 0.947 bits per heavy atom. The van der Waals surface area contributed by atoms with Crippen LogP contribution in [0.3, 0.4) is 0 Å². The number of anilines is 1. The van der Waals surface area contributed by atoms with Crippen molar-refractivity contribution in [3.8, 4) is 11.8 Å². The van der Waals surface area contributed by atoms with Crippen molar-refractivity contribution in [2.24, 2.45) is 16.7 Å². The fourth-order valence-corrected chi connectivity index (χ4v) is 10.2. The zero-order valence-electron chi connectivity index (χ0n) is 32.3. The van der Waals surface area contributed by atoms with Gasteiger partial charge in [-0.1, -0.05) is 39.3 Å². The molecule has 2 saturated heterocycles. The van der Waals surface area contributed by atoms with Gasteiger partial charge < -0.3 is 15.0 Å². The van der Waals surface area contributed by atoms with E-state index in [0.29, 0.717) is 65.2 Å². The minimum absolute atomic E-state index is 0.0748. The van der Waals surface area contributed by atoms with E-state index in [2.05, 4.69) is 15.5 Å². The molecule has 2 N–H and O–H groups in total. The number of imide groups is 2. The number of rotatable bonds is 8. The average Bonchev–Trinajstić information content (AvgIpc) is 3.67. The summed E-state index contributed by atoms with van der Waals surface area (Å²) in [6, 6.07) is 14.0. The van der Waals surface area contributed by atoms with E-state index in [4.69, 9.17) is 16.3 Å². The second-order valence-corrected chi connectivity index (χ2v) is 17.6. The van der Waals surface area contributed by atoms with Gasteiger partial charge in [0.2, 0.25) is 11.8 Å². The van der Waals surface area contributed by atoms with Crippen molar-refractivity contribution in [3.05, 3.63) is 92.8 Å². The van der Waals surface area contributed by atoms with Gasteiger partial charge in [0.1, 0.15) is 29.8 Å². The van der Waals surface area contributed by atoms with Crippen molar-refractivity contribution >= 4 is 46.8 Å². The molecule has 0 spiro atoms. The molecule has 1 atom stereocenters. The van der Waals surface area contributed by atoms with Gasteiger partial charge in [-0.2, -0.15) is 5.26 Å². The maximum atomic E-state index is 15.7. The van der Waals surface area contributed by atoms with Gasteiger partial charge in [0.05, 0.1) is 27.4 Å². The minimum atomic E-state index is -0.991. The van der Waals surface area contributed by atoms with Gasteiger partial charge in [0, 0.05) is 67.6 Å². The molecule has 0 radical (unpaired) electrons. The predicted molar refractivity (Wildman–Crippen MR) is 208 cm³/mol. The van der Waals surface area contributed by atoms with Gasteiger partial charge in [-0.05, 0) is 78.8 Å². The maximum Gasteiger partial charge on any atom is 0.262 e. The van der Waals surface area contributed by atoms with Crippen LogP contribution in [-0.2, 0) is 22.7 Å². The number of carbonyl (C=O) groups is 5. The highest BCUT2D eigenvalue weighted by atomic mass is 35.5. The molecule has 14 heteroatoms. The smallest absolute Gasteiger partial charge is 0.262 e. The number of amides is 5. The average molecular weight is 795 g/mol. The predicted octanol–water partition coefficient (Wildman–Crippen LogP) is 5.60. The number of halogens is 2. The van der Waals surface area contributed by atoms with Crippen LogP contribution in [0, 0.1) is 33.9 Å². The van der Waals surface area contributed by atoms with E-state index in [1.54, 1.807) is 42.5 Å². The molecule has 5 aliphatic rings. The second-order valence-electron chi connectivity index (χ2n) is 17.2. The van der Waals surface area contributed by atoms with E-state index in [1.807, 2.05) is 38.7 Å². The topological polar surface area (TPSA) is 152 Å². The number of piperidine rings is 2. The Morgan fingerprint density at radius 3 is 2.18 bits per heavy atom. The van der Waals surface area contributed by atoms with Crippen molar-refractivity contribution in [1.29, 1.82) is 5.26 Å². The van der Waals surface area contributed by atoms with Crippen LogP contribution in [-0.4, -0.2) is 77.2 Å². The lowest BCUT2D eigenvalue weighted by Gasteiger charge is -2.63. The number of fused-ring (bicyclic) bond motifs is 2. The molecule has 296 valence electrons. The number of carbonyl (C=O) groups excluding carboxylic acids is 5. The Kier molecular flexibility index (Phi) is 9.64. The number of benzene rings is 3. The molecule has 4 heterocycles. The SMILES string of the molecule is CC1(C)C(NC(=O)c2ccc(N3CCC(CN4Cc5cc6c(cc5C4)C(=O)N(C4CCC(=O)NC4=O)C6=O)CC3)c(F)c2)C(C)(C)C1Oc1ccc(C#N)c(Cl)c1. The van der Waals surface area contributed by atoms with E-state index in [0.717, 1.165) is 35.4 Å². The van der Waals surface area contributed by atoms with Gasteiger partial charge >= 0.3 is 0 Å². The number of hydrogen-bond donors (Lipinski definition) is 2. The number of nitrogens with one attached hydrogen (secondary N) is 2. The summed E-state index contributed by atoms with van der Waals surface area (Å²) >= 11 is 6.23. The van der Waals surface area contributed by atoms with E-state index >= 15 is 4.39 Å². The highest BCUT2D eigenvalue weighted by Crippen LogP contribution is 2.55. The number of nitrogens with zero attached hydrogens (tertiary/aromatic N) is 4. The first-order valence-corrected chi connectivity index (χ1v) is 19.8. The quantitative estimate of drug-likeness (QED) is 0.278. The first-order chi connectivity index (χ1) is 27.1. The van der Waals surface area contributed by atoms with Crippen LogP contribution in [0.1, 0.15) is 101 Å². The van der Waals surface area contributed by atoms with Gasteiger partial charge in [-0.25, -0.2) is 4.39 Å². The van der Waals surface area contributed by atoms with Crippen molar-refractivity contribution < 1.29 is 33.1 Å². The molecular formula is C43H44ClFN6O6. The molecular weight excluding hydrogens is 751 g/mol. The molecule has 0 aromatic heterocycles. The highest BCUT2D eigenvalue weighted by molar-refractivity contribution is 6.31. The Morgan fingerprint density at radius 2 is 1.60 bits per heavy atom. The molecule has 3 aromatic carbocycles. The monoisotopic (exact) mass is 794 g/mol. The standard InChI is InChI=1S/C43H44ClFN6O6/c1-42(2)40(43(3,4)41(42)57-28-7-5-25(19-46)31(44)18-28)48-36(53)24-6-8-33(32(45)17-24)50-13-11-23(12-14-50)20-49-21-26-15-29-30(16-27(26)22-49)39(56)51(38(29)55)34-9-10-35(52)47-37(34)54/h5-8,15-18,23,34,40-41H,9-14,20-22H2,1-4H3,(H,48,53)(H,47,52,54). The zero-order valence-corrected chi connectivity index (χ0v) is 33.0. The largest absolute Gasteiger partial charge is 0.489 e. The third-order valence-electron chi connectivity index (χ3n) is 12.7. The molecule has 3 fully saturated rings. The molecule has 1 unspecified atom stereocenters. The lowest BCUT2D eigenvalue weighted by atomic mass is 9.49. The molecule has 8 rings (SSSR count). The zero-order chi connectivity index (χ0) is 40.6. The van der Waals surface area contributed by atoms with Crippen LogP contribution in [0.2, 0.25) is 5.02 Å². The molecule has 4 aliphatic heterocycles. The Balaban J connectivity index is 0.838. The van der Waals surface area contributed by atoms with Gasteiger partial charge in [-0.3, -0.25) is 39.1 Å². The normalized spacial score (nSPS) is 24.1. The first kappa shape index (κ1) is 38.5. The van der Waals surface area contributed by atoms with Crippen LogP contribution in [0.25, 0.3) is 0 Å². The fraction of sp³-hybridized carbons (Fsp3) is 0.442. The third-order valence-corrected chi connectivity index (χ3v) is 13.0. The van der Waals surface area contributed by atoms with Gasteiger partial charge in [0.25, 0.3) is 17.7 Å². The Labute approximate surface area is 335 Å². The maximum absolute atomic E-state index is 15.7. The van der Waals surface area contributed by atoms with Crippen molar-refractivity contribution in [3.63, 3.8) is 0 Å². The molecule has 12 nitrogen and oxygen atoms in total. The third kappa shape index (κ3) is 6.72. The molecule has 0 bridgehead atoms. The van der Waals surface area contributed by atoms with Crippen LogP contribution >= 0.6 is 11.6 Å². The van der Waals surface area contributed by atoms with Crippen molar-refractivity contribution in [1.82, 2.24) is 20.4 Å². The van der Waals surface area contributed by atoms with Crippen molar-refractivity contribution in [2.45, 2.75) is 84.7 Å². The minimum Gasteiger partial charge on any atom is -0.489 e. The van der Waals surface area contributed by atoms with Gasteiger partial charge in [-0.15, -0.1) is 0 Å². The van der Waals surface area contributed by atoms with Gasteiger partial charge in [0.15, 0.2) is 0 Å². The molecule has 1 aliphatic carbocycles. The number of hydrogen-bond acceptors (Lipinski definition) is 9.